The monoisotopic (exact) mass is 561 g/mol. The normalized spacial score (nSPS) is 14.5. The predicted molar refractivity (Wildman–Crippen MR) is 163 cm³/mol. The van der Waals surface area contributed by atoms with Crippen LogP contribution >= 0.6 is 0 Å². The summed E-state index contributed by atoms with van der Waals surface area (Å²) in [6, 6.07) is 24.6. The van der Waals surface area contributed by atoms with Crippen LogP contribution in [0.15, 0.2) is 89.5 Å². The average Bonchev–Trinajstić information content (AvgIpc) is 3.71. The van der Waals surface area contributed by atoms with Crippen molar-refractivity contribution >= 4 is 28.5 Å². The minimum Gasteiger partial charge on any atom is -0.451 e. The first-order valence-electron chi connectivity index (χ1n) is 14.7. The van der Waals surface area contributed by atoms with E-state index >= 15 is 0 Å². The van der Waals surface area contributed by atoms with Crippen molar-refractivity contribution in [3.8, 4) is 11.3 Å². The third-order valence-corrected chi connectivity index (χ3v) is 8.04. The van der Waals surface area contributed by atoms with Gasteiger partial charge >= 0.3 is 0 Å². The molecule has 1 aliphatic carbocycles. The van der Waals surface area contributed by atoms with Crippen LogP contribution in [0, 0.1) is 5.92 Å². The molecule has 1 atom stereocenters. The number of furan rings is 1. The average molecular weight is 562 g/mol. The summed E-state index contributed by atoms with van der Waals surface area (Å²) in [5, 5.41) is 2.89. The van der Waals surface area contributed by atoms with Crippen molar-refractivity contribution < 1.29 is 14.0 Å². The highest BCUT2D eigenvalue weighted by Crippen LogP contribution is 2.34. The molecule has 1 saturated carbocycles. The van der Waals surface area contributed by atoms with Crippen LogP contribution in [0.1, 0.15) is 67.1 Å². The van der Waals surface area contributed by atoms with E-state index in [0.717, 1.165) is 59.5 Å². The molecule has 0 saturated heterocycles. The van der Waals surface area contributed by atoms with Crippen LogP contribution in [-0.2, 0) is 11.2 Å². The van der Waals surface area contributed by atoms with Crippen molar-refractivity contribution in [3.05, 3.63) is 102 Å². The summed E-state index contributed by atoms with van der Waals surface area (Å²) >= 11 is 0. The fourth-order valence-corrected chi connectivity index (χ4v) is 5.72. The van der Waals surface area contributed by atoms with E-state index in [1.54, 1.807) is 18.3 Å². The van der Waals surface area contributed by atoms with Gasteiger partial charge in [0.15, 0.2) is 5.76 Å². The van der Waals surface area contributed by atoms with Crippen LogP contribution in [0.3, 0.4) is 0 Å². The molecule has 8 heteroatoms. The molecule has 0 spiro atoms. The lowest BCUT2D eigenvalue weighted by Crippen LogP contribution is -2.39. The van der Waals surface area contributed by atoms with Gasteiger partial charge in [-0.15, -0.1) is 0 Å². The molecule has 5 aromatic rings. The zero-order valence-electron chi connectivity index (χ0n) is 23.8. The summed E-state index contributed by atoms with van der Waals surface area (Å²) in [6.45, 7) is 2.49. The van der Waals surface area contributed by atoms with E-state index in [4.69, 9.17) is 9.40 Å². The molecule has 214 valence electrons. The first-order chi connectivity index (χ1) is 20.6. The molecule has 6 rings (SSSR count). The second-order valence-electron chi connectivity index (χ2n) is 10.9. The van der Waals surface area contributed by atoms with Crippen LogP contribution in [0.2, 0.25) is 0 Å². The first-order valence-corrected chi connectivity index (χ1v) is 14.7. The van der Waals surface area contributed by atoms with Crippen molar-refractivity contribution in [1.82, 2.24) is 20.3 Å². The summed E-state index contributed by atoms with van der Waals surface area (Å²) in [7, 11) is 0. The topological polar surface area (TPSA) is 104 Å². The van der Waals surface area contributed by atoms with E-state index in [-0.39, 0.29) is 29.5 Å². The Hall–Kier alpha value is -4.72. The number of nitrogens with one attached hydrogen (secondary N) is 2. The van der Waals surface area contributed by atoms with Crippen LogP contribution < -0.4 is 10.2 Å². The third kappa shape index (κ3) is 5.98. The minimum absolute atomic E-state index is 0.00840. The lowest BCUT2D eigenvalue weighted by atomic mass is 9.87. The number of carbonyl (C=O) groups excluding carboxylic acids is 2. The third-order valence-electron chi connectivity index (χ3n) is 8.04. The highest BCUT2D eigenvalue weighted by Gasteiger charge is 2.32. The summed E-state index contributed by atoms with van der Waals surface area (Å²) in [5.41, 5.74) is 4.39. The fourth-order valence-electron chi connectivity index (χ4n) is 5.72. The van der Waals surface area contributed by atoms with Gasteiger partial charge in [0, 0.05) is 42.0 Å². The smallest absolute Gasteiger partial charge is 0.287 e. The molecule has 1 unspecified atom stereocenters. The number of aromatic nitrogens is 3. The zero-order chi connectivity index (χ0) is 28.9. The van der Waals surface area contributed by atoms with Crippen LogP contribution in [-0.4, -0.2) is 33.3 Å². The van der Waals surface area contributed by atoms with Gasteiger partial charge in [0.05, 0.1) is 17.1 Å². The number of amides is 2. The Balaban J connectivity index is 1.19. The highest BCUT2D eigenvalue weighted by molar-refractivity contribution is 5.96. The van der Waals surface area contributed by atoms with Crippen molar-refractivity contribution in [3.63, 3.8) is 0 Å². The molecule has 1 fully saturated rings. The van der Waals surface area contributed by atoms with Crippen LogP contribution in [0.5, 0.6) is 0 Å². The quantitative estimate of drug-likeness (QED) is 0.204. The number of hydrogen-bond acceptors (Lipinski definition) is 5. The largest absolute Gasteiger partial charge is 0.451 e. The Bertz CT molecular complexity index is 1620. The molecule has 8 nitrogen and oxygen atoms in total. The standard InChI is InChI=1S/C34H35N5O3/c1-23(32-37-28-12-5-6-13-29(28)38-32)39(34(41)25-9-3-2-4-10-25)27-16-14-24(15-17-27)30-18-19-31(42-30)33(40)36-22-20-26-11-7-8-21-35-26/h5-8,11-19,21,23,25H,2-4,9-10,20,22H2,1H3,(H,36,40)(H,37,38). The molecular formula is C34H35N5O3. The van der Waals surface area contributed by atoms with Gasteiger partial charge in [0.2, 0.25) is 5.91 Å². The number of carbonyl (C=O) groups is 2. The summed E-state index contributed by atoms with van der Waals surface area (Å²) in [4.78, 5) is 41.0. The molecular weight excluding hydrogens is 526 g/mol. The second kappa shape index (κ2) is 12.4. The fraction of sp³-hybridized carbons (Fsp3) is 0.294. The van der Waals surface area contributed by atoms with Gasteiger partial charge in [-0.1, -0.05) is 37.5 Å². The Morgan fingerprint density at radius 1 is 0.976 bits per heavy atom. The lowest BCUT2D eigenvalue weighted by Gasteiger charge is -2.33. The van der Waals surface area contributed by atoms with Crippen molar-refractivity contribution in [2.75, 3.05) is 11.4 Å². The maximum Gasteiger partial charge on any atom is 0.287 e. The van der Waals surface area contributed by atoms with Gasteiger partial charge < -0.3 is 19.6 Å². The van der Waals surface area contributed by atoms with Crippen molar-refractivity contribution in [2.45, 2.75) is 51.5 Å². The summed E-state index contributed by atoms with van der Waals surface area (Å²) < 4.78 is 5.90. The van der Waals surface area contributed by atoms with Crippen molar-refractivity contribution in [2.24, 2.45) is 5.92 Å². The number of anilines is 1. The molecule has 42 heavy (non-hydrogen) atoms. The molecule has 2 N–H and O–H groups in total. The number of imidazole rings is 1. The number of hydrogen-bond donors (Lipinski definition) is 2. The second-order valence-corrected chi connectivity index (χ2v) is 10.9. The van der Waals surface area contributed by atoms with E-state index in [1.807, 2.05) is 78.6 Å². The SMILES string of the molecule is CC(c1nc2ccccc2[nH]1)N(C(=O)C1CCCCC1)c1ccc(-c2ccc(C(=O)NCCc3ccccn3)o2)cc1. The van der Waals surface area contributed by atoms with Gasteiger partial charge in [-0.2, -0.15) is 0 Å². The Morgan fingerprint density at radius 2 is 1.76 bits per heavy atom. The zero-order valence-corrected chi connectivity index (χ0v) is 23.8. The molecule has 1 aliphatic rings. The number of nitrogens with zero attached hydrogens (tertiary/aromatic N) is 3. The van der Waals surface area contributed by atoms with E-state index in [9.17, 15) is 9.59 Å². The number of pyridine rings is 1. The number of benzene rings is 2. The Morgan fingerprint density at radius 3 is 2.52 bits per heavy atom. The molecule has 3 heterocycles. The van der Waals surface area contributed by atoms with E-state index in [1.165, 1.54) is 6.42 Å². The Labute approximate surface area is 245 Å². The highest BCUT2D eigenvalue weighted by atomic mass is 16.3. The number of fused-ring (bicyclic) bond motifs is 1. The van der Waals surface area contributed by atoms with Gasteiger partial charge in [0.25, 0.3) is 5.91 Å². The number of aromatic amines is 1. The summed E-state index contributed by atoms with van der Waals surface area (Å²) in [6.07, 6.45) is 7.57. The maximum atomic E-state index is 14.0. The lowest BCUT2D eigenvalue weighted by molar-refractivity contribution is -0.123. The molecule has 0 radical (unpaired) electrons. The van der Waals surface area contributed by atoms with E-state index < -0.39 is 0 Å². The van der Waals surface area contributed by atoms with Gasteiger partial charge in [0.1, 0.15) is 11.6 Å². The molecule has 3 aromatic heterocycles. The van der Waals surface area contributed by atoms with Gasteiger partial charge in [-0.05, 0) is 80.4 Å². The summed E-state index contributed by atoms with van der Waals surface area (Å²) in [5.74, 6) is 1.48. The van der Waals surface area contributed by atoms with E-state index in [2.05, 4.69) is 15.3 Å². The predicted octanol–water partition coefficient (Wildman–Crippen LogP) is 6.86. The number of H-pyrrole nitrogens is 1. The molecule has 2 aromatic carbocycles. The Kier molecular flexibility index (Phi) is 8.12. The maximum absolute atomic E-state index is 14.0. The number of rotatable bonds is 9. The molecule has 2 amide bonds. The van der Waals surface area contributed by atoms with Gasteiger partial charge in [-0.3, -0.25) is 14.6 Å². The minimum atomic E-state index is -0.275. The van der Waals surface area contributed by atoms with E-state index in [0.29, 0.717) is 18.7 Å². The molecule has 0 aliphatic heterocycles. The van der Waals surface area contributed by atoms with Crippen LogP contribution in [0.25, 0.3) is 22.4 Å². The van der Waals surface area contributed by atoms with Gasteiger partial charge in [-0.25, -0.2) is 4.98 Å². The molecule has 0 bridgehead atoms. The van der Waals surface area contributed by atoms with Crippen LogP contribution in [0.4, 0.5) is 5.69 Å². The first kappa shape index (κ1) is 27.4. The number of para-hydroxylation sites is 2. The van der Waals surface area contributed by atoms with Crippen molar-refractivity contribution in [1.29, 1.82) is 0 Å².